The zero-order valence-corrected chi connectivity index (χ0v) is 11.2. The lowest BCUT2D eigenvalue weighted by molar-refractivity contribution is 0.825. The molecule has 3 nitrogen and oxygen atoms in total. The third kappa shape index (κ3) is 3.55. The molecule has 0 fully saturated rings. The minimum Gasteiger partial charge on any atom is -0.323 e. The van der Waals surface area contributed by atoms with E-state index in [4.69, 9.17) is 5.73 Å². The van der Waals surface area contributed by atoms with Crippen molar-refractivity contribution in [3.05, 3.63) is 53.9 Å². The SMILES string of the molecule is CCc1ccc(C(N)CSc2ncccn2)cc1. The summed E-state index contributed by atoms with van der Waals surface area (Å²) in [5.41, 5.74) is 8.66. The van der Waals surface area contributed by atoms with Crippen LogP contribution in [0.2, 0.25) is 0 Å². The smallest absolute Gasteiger partial charge is 0.187 e. The van der Waals surface area contributed by atoms with Crippen molar-refractivity contribution < 1.29 is 0 Å². The fourth-order valence-electron chi connectivity index (χ4n) is 1.62. The average molecular weight is 259 g/mol. The minimum atomic E-state index is 0.0183. The Labute approximate surface area is 112 Å². The standard InChI is InChI=1S/C14H17N3S/c1-2-11-4-6-12(7-5-11)13(15)10-18-14-16-8-3-9-17-14/h3-9,13H,2,10,15H2,1H3. The van der Waals surface area contributed by atoms with Crippen molar-refractivity contribution in [2.24, 2.45) is 5.73 Å². The van der Waals surface area contributed by atoms with Gasteiger partial charge in [0.05, 0.1) is 0 Å². The van der Waals surface area contributed by atoms with E-state index in [2.05, 4.69) is 41.2 Å². The zero-order valence-electron chi connectivity index (χ0n) is 10.4. The van der Waals surface area contributed by atoms with Crippen molar-refractivity contribution in [1.29, 1.82) is 0 Å². The molecule has 0 radical (unpaired) electrons. The number of aromatic nitrogens is 2. The summed E-state index contributed by atoms with van der Waals surface area (Å²) in [6, 6.07) is 10.3. The summed E-state index contributed by atoms with van der Waals surface area (Å²) < 4.78 is 0. The summed E-state index contributed by atoms with van der Waals surface area (Å²) in [5.74, 6) is 0.787. The van der Waals surface area contributed by atoms with Gasteiger partial charge in [-0.05, 0) is 23.6 Å². The van der Waals surface area contributed by atoms with E-state index >= 15 is 0 Å². The summed E-state index contributed by atoms with van der Waals surface area (Å²) in [6.07, 6.45) is 4.55. The maximum absolute atomic E-state index is 6.16. The Morgan fingerprint density at radius 3 is 2.44 bits per heavy atom. The number of hydrogen-bond acceptors (Lipinski definition) is 4. The molecular weight excluding hydrogens is 242 g/mol. The van der Waals surface area contributed by atoms with Crippen molar-refractivity contribution in [3.8, 4) is 0 Å². The summed E-state index contributed by atoms with van der Waals surface area (Å²) in [4.78, 5) is 8.34. The molecule has 0 aliphatic heterocycles. The van der Waals surface area contributed by atoms with Gasteiger partial charge < -0.3 is 5.73 Å². The molecule has 1 atom stereocenters. The third-order valence-corrected chi connectivity index (χ3v) is 3.74. The van der Waals surface area contributed by atoms with Gasteiger partial charge in [-0.1, -0.05) is 43.0 Å². The number of aryl methyl sites for hydroxylation is 1. The monoisotopic (exact) mass is 259 g/mol. The second-order valence-electron chi connectivity index (χ2n) is 4.04. The van der Waals surface area contributed by atoms with E-state index in [0.29, 0.717) is 0 Å². The van der Waals surface area contributed by atoms with Crippen LogP contribution in [0.25, 0.3) is 0 Å². The Balaban J connectivity index is 1.93. The van der Waals surface area contributed by atoms with Crippen molar-refractivity contribution in [2.75, 3.05) is 5.75 Å². The van der Waals surface area contributed by atoms with Gasteiger partial charge in [-0.2, -0.15) is 0 Å². The van der Waals surface area contributed by atoms with Gasteiger partial charge in [0.2, 0.25) is 0 Å². The maximum Gasteiger partial charge on any atom is 0.187 e. The number of nitrogens with two attached hydrogens (primary N) is 1. The molecule has 18 heavy (non-hydrogen) atoms. The van der Waals surface area contributed by atoms with Crippen molar-refractivity contribution in [3.63, 3.8) is 0 Å². The first-order chi connectivity index (χ1) is 8.79. The van der Waals surface area contributed by atoms with Gasteiger partial charge in [0.1, 0.15) is 0 Å². The van der Waals surface area contributed by atoms with E-state index in [9.17, 15) is 0 Å². The Morgan fingerprint density at radius 2 is 1.83 bits per heavy atom. The van der Waals surface area contributed by atoms with Crippen LogP contribution in [-0.4, -0.2) is 15.7 Å². The highest BCUT2D eigenvalue weighted by Crippen LogP contribution is 2.20. The topological polar surface area (TPSA) is 51.8 Å². The van der Waals surface area contributed by atoms with Crippen LogP contribution in [0.1, 0.15) is 24.1 Å². The Morgan fingerprint density at radius 1 is 1.17 bits per heavy atom. The molecule has 0 bridgehead atoms. The molecule has 0 aliphatic carbocycles. The molecule has 0 amide bonds. The molecule has 94 valence electrons. The predicted octanol–water partition coefficient (Wildman–Crippen LogP) is 2.83. The first-order valence-electron chi connectivity index (χ1n) is 6.04. The van der Waals surface area contributed by atoms with Crippen molar-refractivity contribution in [2.45, 2.75) is 24.5 Å². The van der Waals surface area contributed by atoms with E-state index in [0.717, 1.165) is 22.9 Å². The average Bonchev–Trinajstić information content (AvgIpc) is 2.46. The van der Waals surface area contributed by atoms with Crippen LogP contribution < -0.4 is 5.73 Å². The molecule has 0 saturated heterocycles. The highest BCUT2D eigenvalue weighted by molar-refractivity contribution is 7.99. The number of nitrogens with zero attached hydrogens (tertiary/aromatic N) is 2. The number of thioether (sulfide) groups is 1. The number of benzene rings is 1. The molecule has 2 rings (SSSR count). The normalized spacial score (nSPS) is 12.3. The van der Waals surface area contributed by atoms with E-state index < -0.39 is 0 Å². The van der Waals surface area contributed by atoms with E-state index in [-0.39, 0.29) is 6.04 Å². The fraction of sp³-hybridized carbons (Fsp3) is 0.286. The molecule has 1 heterocycles. The van der Waals surface area contributed by atoms with Crippen molar-refractivity contribution in [1.82, 2.24) is 9.97 Å². The zero-order chi connectivity index (χ0) is 12.8. The fourth-order valence-corrected chi connectivity index (χ4v) is 2.41. The molecule has 2 aromatic rings. The highest BCUT2D eigenvalue weighted by atomic mass is 32.2. The Kier molecular flexibility index (Phi) is 4.73. The van der Waals surface area contributed by atoms with Gasteiger partial charge >= 0.3 is 0 Å². The Hall–Kier alpha value is -1.39. The number of rotatable bonds is 5. The summed E-state index contributed by atoms with van der Waals surface area (Å²) in [6.45, 7) is 2.15. The lowest BCUT2D eigenvalue weighted by Gasteiger charge is -2.11. The molecule has 1 aromatic carbocycles. The largest absolute Gasteiger partial charge is 0.323 e. The number of hydrogen-bond donors (Lipinski definition) is 1. The van der Waals surface area contributed by atoms with Crippen LogP contribution in [0.4, 0.5) is 0 Å². The summed E-state index contributed by atoms with van der Waals surface area (Å²) in [5, 5.41) is 0.776. The van der Waals surface area contributed by atoms with Gasteiger partial charge in [0.25, 0.3) is 0 Å². The van der Waals surface area contributed by atoms with Crippen LogP contribution in [-0.2, 0) is 6.42 Å². The van der Waals surface area contributed by atoms with Crippen LogP contribution >= 0.6 is 11.8 Å². The first kappa shape index (κ1) is 13.1. The molecule has 1 unspecified atom stereocenters. The third-order valence-electron chi connectivity index (χ3n) is 2.75. The minimum absolute atomic E-state index is 0.0183. The molecular formula is C14H17N3S. The first-order valence-corrected chi connectivity index (χ1v) is 7.02. The Bertz CT molecular complexity index is 470. The lowest BCUT2D eigenvalue weighted by Crippen LogP contribution is -2.13. The van der Waals surface area contributed by atoms with Crippen LogP contribution in [0.5, 0.6) is 0 Å². The van der Waals surface area contributed by atoms with Crippen molar-refractivity contribution >= 4 is 11.8 Å². The second kappa shape index (κ2) is 6.52. The van der Waals surface area contributed by atoms with Gasteiger partial charge in [-0.3, -0.25) is 0 Å². The van der Waals surface area contributed by atoms with Crippen LogP contribution in [0.3, 0.4) is 0 Å². The lowest BCUT2D eigenvalue weighted by atomic mass is 10.1. The van der Waals surface area contributed by atoms with E-state index in [1.54, 1.807) is 24.2 Å². The molecule has 0 saturated carbocycles. The second-order valence-corrected chi connectivity index (χ2v) is 5.03. The molecule has 4 heteroatoms. The molecule has 1 aromatic heterocycles. The molecule has 0 aliphatic rings. The van der Waals surface area contributed by atoms with Crippen LogP contribution in [0.15, 0.2) is 47.9 Å². The van der Waals surface area contributed by atoms with Gasteiger partial charge in [0, 0.05) is 24.2 Å². The summed E-state index contributed by atoms with van der Waals surface area (Å²) in [7, 11) is 0. The van der Waals surface area contributed by atoms with E-state index in [1.165, 1.54) is 5.56 Å². The summed E-state index contributed by atoms with van der Waals surface area (Å²) >= 11 is 1.59. The maximum atomic E-state index is 6.16. The quantitative estimate of drug-likeness (QED) is 0.662. The van der Waals surface area contributed by atoms with Gasteiger partial charge in [-0.25, -0.2) is 9.97 Å². The van der Waals surface area contributed by atoms with Crippen LogP contribution in [0, 0.1) is 0 Å². The van der Waals surface area contributed by atoms with E-state index in [1.807, 2.05) is 6.07 Å². The van der Waals surface area contributed by atoms with Gasteiger partial charge in [0.15, 0.2) is 5.16 Å². The predicted molar refractivity (Wildman–Crippen MR) is 75.5 cm³/mol. The highest BCUT2D eigenvalue weighted by Gasteiger charge is 2.07. The molecule has 2 N–H and O–H groups in total. The van der Waals surface area contributed by atoms with Gasteiger partial charge in [-0.15, -0.1) is 0 Å². The molecule has 0 spiro atoms.